The first-order chi connectivity index (χ1) is 9.63. The molecule has 0 saturated carbocycles. The maximum Gasteiger partial charge on any atom is 0.277 e. The smallest absolute Gasteiger partial charge is 0.277 e. The summed E-state index contributed by atoms with van der Waals surface area (Å²) < 4.78 is 0. The molecule has 0 aliphatic carbocycles. The third-order valence-electron chi connectivity index (χ3n) is 3.30. The second kappa shape index (κ2) is 4.93. The van der Waals surface area contributed by atoms with Gasteiger partial charge in [0.1, 0.15) is 5.75 Å². The lowest BCUT2D eigenvalue weighted by Crippen LogP contribution is -2.44. The molecule has 104 valence electrons. The van der Waals surface area contributed by atoms with Crippen LogP contribution < -0.4 is 10.6 Å². The maximum absolute atomic E-state index is 12.1. The summed E-state index contributed by atoms with van der Waals surface area (Å²) in [7, 11) is 0. The number of anilines is 1. The molecule has 3 rings (SSSR count). The Morgan fingerprint density at radius 2 is 2.30 bits per heavy atom. The molecule has 0 unspecified atom stereocenters. The molecule has 2 aromatic rings. The van der Waals surface area contributed by atoms with E-state index in [0.29, 0.717) is 5.69 Å². The minimum Gasteiger partial charge on any atom is -0.508 e. The van der Waals surface area contributed by atoms with E-state index in [1.165, 1.54) is 12.3 Å². The number of benzene rings is 1. The predicted molar refractivity (Wildman–Crippen MR) is 72.7 cm³/mol. The van der Waals surface area contributed by atoms with Gasteiger partial charge < -0.3 is 15.7 Å². The number of nitrogens with zero attached hydrogens (tertiary/aromatic N) is 3. The number of phenolic OH excluding ortho intramolecular Hbond substituents is 1. The standard InChI is InChI=1S/C13H15N5O2/c1-8-2-3-10(19)4-11(8)16-13(20)12-7-15-18(17-12)9-5-14-6-9/h2-4,7,9,14,19H,5-6H2,1H3,(H,16,20). The van der Waals surface area contributed by atoms with E-state index in [-0.39, 0.29) is 23.4 Å². The van der Waals surface area contributed by atoms with Gasteiger partial charge in [-0.05, 0) is 18.6 Å². The maximum atomic E-state index is 12.1. The summed E-state index contributed by atoms with van der Waals surface area (Å²) in [6.07, 6.45) is 1.45. The number of hydrogen-bond acceptors (Lipinski definition) is 5. The number of phenols is 1. The number of carbonyl (C=O) groups is 1. The van der Waals surface area contributed by atoms with E-state index in [2.05, 4.69) is 20.8 Å². The van der Waals surface area contributed by atoms with Gasteiger partial charge in [-0.2, -0.15) is 9.90 Å². The lowest BCUT2D eigenvalue weighted by Gasteiger charge is -2.25. The Labute approximate surface area is 115 Å². The first-order valence-electron chi connectivity index (χ1n) is 6.37. The van der Waals surface area contributed by atoms with Gasteiger partial charge in [0.15, 0.2) is 5.69 Å². The van der Waals surface area contributed by atoms with E-state index in [4.69, 9.17) is 0 Å². The molecule has 1 aliphatic heterocycles. The third kappa shape index (κ3) is 2.35. The fourth-order valence-electron chi connectivity index (χ4n) is 1.92. The van der Waals surface area contributed by atoms with Gasteiger partial charge in [0.25, 0.3) is 5.91 Å². The van der Waals surface area contributed by atoms with E-state index < -0.39 is 0 Å². The summed E-state index contributed by atoms with van der Waals surface area (Å²) in [4.78, 5) is 13.7. The van der Waals surface area contributed by atoms with Crippen molar-refractivity contribution in [3.63, 3.8) is 0 Å². The van der Waals surface area contributed by atoms with E-state index >= 15 is 0 Å². The van der Waals surface area contributed by atoms with Gasteiger partial charge in [-0.15, -0.1) is 5.10 Å². The lowest BCUT2D eigenvalue weighted by molar-refractivity contribution is 0.102. The van der Waals surface area contributed by atoms with Crippen LogP contribution in [0.2, 0.25) is 0 Å². The predicted octanol–water partition coefficient (Wildman–Crippen LogP) is 0.689. The van der Waals surface area contributed by atoms with Crippen LogP contribution in [-0.2, 0) is 0 Å². The van der Waals surface area contributed by atoms with E-state index in [1.807, 2.05) is 6.92 Å². The molecule has 0 atom stereocenters. The van der Waals surface area contributed by atoms with Gasteiger partial charge >= 0.3 is 0 Å². The topological polar surface area (TPSA) is 92.1 Å². The Balaban J connectivity index is 1.75. The molecule has 1 aromatic carbocycles. The summed E-state index contributed by atoms with van der Waals surface area (Å²) in [5.74, 6) is -0.229. The van der Waals surface area contributed by atoms with E-state index in [9.17, 15) is 9.90 Å². The van der Waals surface area contributed by atoms with Crippen molar-refractivity contribution in [1.82, 2.24) is 20.3 Å². The molecule has 0 spiro atoms. The van der Waals surface area contributed by atoms with Gasteiger partial charge in [0.2, 0.25) is 0 Å². The zero-order valence-electron chi connectivity index (χ0n) is 11.0. The van der Waals surface area contributed by atoms with Crippen molar-refractivity contribution in [2.75, 3.05) is 18.4 Å². The van der Waals surface area contributed by atoms with Crippen LogP contribution in [0, 0.1) is 6.92 Å². The van der Waals surface area contributed by atoms with Crippen LogP contribution in [0.4, 0.5) is 5.69 Å². The molecular formula is C13H15N5O2. The monoisotopic (exact) mass is 273 g/mol. The molecular weight excluding hydrogens is 258 g/mol. The number of carbonyl (C=O) groups excluding carboxylic acids is 1. The lowest BCUT2D eigenvalue weighted by atomic mass is 10.2. The van der Waals surface area contributed by atoms with Crippen LogP contribution in [0.15, 0.2) is 24.4 Å². The van der Waals surface area contributed by atoms with Crippen LogP contribution >= 0.6 is 0 Å². The molecule has 3 N–H and O–H groups in total. The number of aromatic hydroxyl groups is 1. The number of rotatable bonds is 3. The Morgan fingerprint density at radius 1 is 1.50 bits per heavy atom. The Hall–Kier alpha value is -2.41. The van der Waals surface area contributed by atoms with Crippen molar-refractivity contribution in [2.24, 2.45) is 0 Å². The van der Waals surface area contributed by atoms with Crippen molar-refractivity contribution in [3.05, 3.63) is 35.7 Å². The fraction of sp³-hybridized carbons (Fsp3) is 0.308. The number of hydrogen-bond donors (Lipinski definition) is 3. The number of aromatic nitrogens is 3. The first-order valence-corrected chi connectivity index (χ1v) is 6.37. The van der Waals surface area contributed by atoms with Crippen LogP contribution in [-0.4, -0.2) is 39.1 Å². The molecule has 20 heavy (non-hydrogen) atoms. The summed E-state index contributed by atoms with van der Waals surface area (Å²) in [5.41, 5.74) is 1.70. The summed E-state index contributed by atoms with van der Waals surface area (Å²) in [5, 5.41) is 23.6. The van der Waals surface area contributed by atoms with Crippen molar-refractivity contribution < 1.29 is 9.90 Å². The molecule has 1 amide bonds. The van der Waals surface area contributed by atoms with Crippen LogP contribution in [0.5, 0.6) is 5.75 Å². The third-order valence-corrected chi connectivity index (χ3v) is 3.30. The molecule has 0 radical (unpaired) electrons. The first kappa shape index (κ1) is 12.6. The second-order valence-electron chi connectivity index (χ2n) is 4.82. The van der Waals surface area contributed by atoms with Gasteiger partial charge in [0, 0.05) is 24.8 Å². The highest BCUT2D eigenvalue weighted by Gasteiger charge is 2.22. The molecule has 1 fully saturated rings. The molecule has 2 heterocycles. The summed E-state index contributed by atoms with van der Waals surface area (Å²) in [6.45, 7) is 3.49. The molecule has 1 aromatic heterocycles. The normalized spacial score (nSPS) is 14.8. The van der Waals surface area contributed by atoms with Crippen molar-refractivity contribution in [2.45, 2.75) is 13.0 Å². The minimum atomic E-state index is -0.336. The zero-order valence-corrected chi connectivity index (χ0v) is 11.0. The number of nitrogens with one attached hydrogen (secondary N) is 2. The van der Waals surface area contributed by atoms with Gasteiger partial charge in [-0.1, -0.05) is 6.07 Å². The fourth-order valence-corrected chi connectivity index (χ4v) is 1.92. The Bertz CT molecular complexity index is 648. The van der Waals surface area contributed by atoms with Gasteiger partial charge in [-0.25, -0.2) is 0 Å². The SMILES string of the molecule is Cc1ccc(O)cc1NC(=O)c1cnn(C2CNC2)n1. The average molecular weight is 273 g/mol. The van der Waals surface area contributed by atoms with Crippen LogP contribution in [0.1, 0.15) is 22.1 Å². The summed E-state index contributed by atoms with van der Waals surface area (Å²) >= 11 is 0. The van der Waals surface area contributed by atoms with E-state index in [1.54, 1.807) is 16.9 Å². The van der Waals surface area contributed by atoms with E-state index in [0.717, 1.165) is 18.7 Å². The molecule has 0 bridgehead atoms. The van der Waals surface area contributed by atoms with Gasteiger partial charge in [-0.3, -0.25) is 4.79 Å². The number of aryl methyl sites for hydroxylation is 1. The average Bonchev–Trinajstić information content (AvgIpc) is 2.81. The quantitative estimate of drug-likeness (QED) is 0.765. The Morgan fingerprint density at radius 3 is 3.00 bits per heavy atom. The van der Waals surface area contributed by atoms with Crippen molar-refractivity contribution in [1.29, 1.82) is 0 Å². The number of amides is 1. The highest BCUT2D eigenvalue weighted by molar-refractivity contribution is 6.03. The Kier molecular flexibility index (Phi) is 3.11. The highest BCUT2D eigenvalue weighted by Crippen LogP contribution is 2.21. The van der Waals surface area contributed by atoms with Crippen LogP contribution in [0.3, 0.4) is 0 Å². The van der Waals surface area contributed by atoms with Crippen molar-refractivity contribution in [3.8, 4) is 5.75 Å². The second-order valence-corrected chi connectivity index (χ2v) is 4.82. The molecule has 1 saturated heterocycles. The summed E-state index contributed by atoms with van der Waals surface area (Å²) in [6, 6.07) is 5.04. The zero-order chi connectivity index (χ0) is 14.1. The highest BCUT2D eigenvalue weighted by atomic mass is 16.3. The minimum absolute atomic E-state index is 0.107. The van der Waals surface area contributed by atoms with Crippen molar-refractivity contribution >= 4 is 11.6 Å². The molecule has 7 nitrogen and oxygen atoms in total. The molecule has 1 aliphatic rings. The van der Waals surface area contributed by atoms with Crippen LogP contribution in [0.25, 0.3) is 0 Å². The largest absolute Gasteiger partial charge is 0.508 e. The van der Waals surface area contributed by atoms with Gasteiger partial charge in [0.05, 0.1) is 12.2 Å². The molecule has 7 heteroatoms.